The molecule has 1 aliphatic carbocycles. The van der Waals surface area contributed by atoms with Gasteiger partial charge in [0.25, 0.3) is 0 Å². The zero-order valence-corrected chi connectivity index (χ0v) is 12.5. The summed E-state index contributed by atoms with van der Waals surface area (Å²) in [6, 6.07) is 0.728. The van der Waals surface area contributed by atoms with E-state index in [9.17, 15) is 0 Å². The number of hydrogen-bond donors (Lipinski definition) is 1. The number of fused-ring (bicyclic) bond motifs is 2. The van der Waals surface area contributed by atoms with Gasteiger partial charge in [0, 0.05) is 13.1 Å². The molecule has 2 aliphatic rings. The average molecular weight is 286 g/mol. The van der Waals surface area contributed by atoms with Crippen molar-refractivity contribution in [1.82, 2.24) is 24.6 Å². The molecule has 112 valence electrons. The van der Waals surface area contributed by atoms with Gasteiger partial charge in [0.2, 0.25) is 0 Å². The minimum Gasteiger partial charge on any atom is -0.383 e. The Bertz CT molecular complexity index is 663. The van der Waals surface area contributed by atoms with Crippen molar-refractivity contribution in [3.63, 3.8) is 0 Å². The number of nitrogen functional groups attached to an aromatic ring is 1. The van der Waals surface area contributed by atoms with Crippen molar-refractivity contribution in [2.75, 3.05) is 12.3 Å². The molecule has 1 saturated carbocycles. The second-order valence-corrected chi connectivity index (χ2v) is 6.40. The third-order valence-corrected chi connectivity index (χ3v) is 5.14. The lowest BCUT2D eigenvalue weighted by molar-refractivity contribution is 0.172. The summed E-state index contributed by atoms with van der Waals surface area (Å²) in [4.78, 5) is 11.7. The van der Waals surface area contributed by atoms with Crippen LogP contribution in [0.5, 0.6) is 0 Å². The molecule has 0 amide bonds. The molecule has 0 bridgehead atoms. The monoisotopic (exact) mass is 286 g/mol. The highest BCUT2D eigenvalue weighted by Crippen LogP contribution is 2.36. The van der Waals surface area contributed by atoms with Crippen LogP contribution in [0.4, 0.5) is 5.82 Å². The fourth-order valence-corrected chi connectivity index (χ4v) is 4.04. The van der Waals surface area contributed by atoms with Gasteiger partial charge >= 0.3 is 0 Å². The number of aromatic nitrogens is 4. The molecule has 2 aromatic rings. The molecule has 6 nitrogen and oxygen atoms in total. The molecule has 2 atom stereocenters. The van der Waals surface area contributed by atoms with Gasteiger partial charge in [-0.3, -0.25) is 9.58 Å². The van der Waals surface area contributed by atoms with Gasteiger partial charge in [-0.15, -0.1) is 0 Å². The van der Waals surface area contributed by atoms with E-state index in [1.165, 1.54) is 38.6 Å². The Hall–Kier alpha value is -1.69. The Labute approximate surface area is 124 Å². The molecule has 2 unspecified atom stereocenters. The first-order valence-corrected chi connectivity index (χ1v) is 7.90. The second-order valence-electron chi connectivity index (χ2n) is 6.40. The lowest BCUT2D eigenvalue weighted by atomic mass is 9.85. The molecule has 1 saturated heterocycles. The van der Waals surface area contributed by atoms with E-state index in [2.05, 4.69) is 20.0 Å². The number of anilines is 1. The standard InChI is InChI=1S/C15H22N6/c1-20-15-11(8-17-20)14(16)18-13(19-15)9-21-7-6-10-4-2-3-5-12(10)21/h8,10,12H,2-7,9H2,1H3,(H2,16,18,19). The van der Waals surface area contributed by atoms with Gasteiger partial charge < -0.3 is 5.73 Å². The number of rotatable bonds is 2. The highest BCUT2D eigenvalue weighted by Gasteiger charge is 2.35. The quantitative estimate of drug-likeness (QED) is 0.910. The summed E-state index contributed by atoms with van der Waals surface area (Å²) in [5.41, 5.74) is 6.88. The van der Waals surface area contributed by atoms with Crippen LogP contribution in [0, 0.1) is 5.92 Å². The highest BCUT2D eigenvalue weighted by atomic mass is 15.3. The first-order chi connectivity index (χ1) is 10.2. The van der Waals surface area contributed by atoms with Gasteiger partial charge in [-0.25, -0.2) is 9.97 Å². The summed E-state index contributed by atoms with van der Waals surface area (Å²) < 4.78 is 1.77. The van der Waals surface area contributed by atoms with E-state index in [4.69, 9.17) is 5.73 Å². The smallest absolute Gasteiger partial charge is 0.163 e. The zero-order valence-electron chi connectivity index (χ0n) is 12.5. The van der Waals surface area contributed by atoms with Crippen molar-refractivity contribution in [2.24, 2.45) is 13.0 Å². The molecule has 1 aliphatic heterocycles. The predicted molar refractivity (Wildman–Crippen MR) is 81.5 cm³/mol. The van der Waals surface area contributed by atoms with Gasteiger partial charge in [-0.2, -0.15) is 5.10 Å². The van der Waals surface area contributed by atoms with Gasteiger partial charge in [0.05, 0.1) is 18.1 Å². The maximum absolute atomic E-state index is 6.05. The molecule has 0 aromatic carbocycles. The highest BCUT2D eigenvalue weighted by molar-refractivity contribution is 5.84. The molecule has 6 heteroatoms. The molecule has 2 fully saturated rings. The lowest BCUT2D eigenvalue weighted by Gasteiger charge is -2.31. The topological polar surface area (TPSA) is 72.9 Å². The van der Waals surface area contributed by atoms with E-state index < -0.39 is 0 Å². The van der Waals surface area contributed by atoms with Crippen molar-refractivity contribution >= 4 is 16.9 Å². The number of nitrogens with two attached hydrogens (primary N) is 1. The molecule has 2 aromatic heterocycles. The van der Waals surface area contributed by atoms with Crippen molar-refractivity contribution in [3.8, 4) is 0 Å². The van der Waals surface area contributed by atoms with Crippen molar-refractivity contribution in [1.29, 1.82) is 0 Å². The maximum Gasteiger partial charge on any atom is 0.163 e. The largest absolute Gasteiger partial charge is 0.383 e. The van der Waals surface area contributed by atoms with Crippen LogP contribution in [0.1, 0.15) is 37.9 Å². The van der Waals surface area contributed by atoms with Crippen LogP contribution >= 0.6 is 0 Å². The third-order valence-electron chi connectivity index (χ3n) is 5.14. The minimum absolute atomic E-state index is 0.544. The maximum atomic E-state index is 6.05. The first-order valence-electron chi connectivity index (χ1n) is 7.90. The van der Waals surface area contributed by atoms with E-state index in [-0.39, 0.29) is 0 Å². The Kier molecular flexibility index (Phi) is 3.06. The molecule has 0 spiro atoms. The van der Waals surface area contributed by atoms with E-state index in [0.29, 0.717) is 5.82 Å². The first kappa shape index (κ1) is 13.0. The van der Waals surface area contributed by atoms with Gasteiger partial charge in [-0.1, -0.05) is 12.8 Å². The van der Waals surface area contributed by atoms with E-state index in [0.717, 1.165) is 35.4 Å². The molecular weight excluding hydrogens is 264 g/mol. The van der Waals surface area contributed by atoms with Crippen LogP contribution in [0.3, 0.4) is 0 Å². The fraction of sp³-hybridized carbons (Fsp3) is 0.667. The Morgan fingerprint density at radius 1 is 1.24 bits per heavy atom. The summed E-state index contributed by atoms with van der Waals surface area (Å²) in [5, 5.41) is 5.06. The Morgan fingerprint density at radius 3 is 3.00 bits per heavy atom. The van der Waals surface area contributed by atoms with Crippen LogP contribution in [-0.4, -0.2) is 37.2 Å². The SMILES string of the molecule is Cn1ncc2c(N)nc(CN3CCC4CCCCC43)nc21. The van der Waals surface area contributed by atoms with Gasteiger partial charge in [0.15, 0.2) is 5.65 Å². The second kappa shape index (κ2) is 4.94. The third kappa shape index (κ3) is 2.18. The molecule has 0 radical (unpaired) electrons. The summed E-state index contributed by atoms with van der Waals surface area (Å²) >= 11 is 0. The molecule has 3 heterocycles. The average Bonchev–Trinajstić information content (AvgIpc) is 3.05. The van der Waals surface area contributed by atoms with Crippen molar-refractivity contribution in [3.05, 3.63) is 12.0 Å². The van der Waals surface area contributed by atoms with E-state index >= 15 is 0 Å². The van der Waals surface area contributed by atoms with E-state index in [1.807, 2.05) is 7.05 Å². The minimum atomic E-state index is 0.544. The lowest BCUT2D eigenvalue weighted by Crippen LogP contribution is -2.34. The molecule has 21 heavy (non-hydrogen) atoms. The summed E-state index contributed by atoms with van der Waals surface area (Å²) in [5.74, 6) is 2.26. The van der Waals surface area contributed by atoms with Crippen LogP contribution in [0.25, 0.3) is 11.0 Å². The van der Waals surface area contributed by atoms with Gasteiger partial charge in [0.1, 0.15) is 11.6 Å². The Morgan fingerprint density at radius 2 is 2.10 bits per heavy atom. The van der Waals surface area contributed by atoms with E-state index in [1.54, 1.807) is 10.9 Å². The zero-order chi connectivity index (χ0) is 14.4. The normalized spacial score (nSPS) is 26.3. The van der Waals surface area contributed by atoms with Crippen LogP contribution in [-0.2, 0) is 13.6 Å². The van der Waals surface area contributed by atoms with Crippen molar-refractivity contribution in [2.45, 2.75) is 44.7 Å². The van der Waals surface area contributed by atoms with Crippen LogP contribution in [0.2, 0.25) is 0 Å². The molecular formula is C15H22N6. The van der Waals surface area contributed by atoms with Crippen molar-refractivity contribution < 1.29 is 0 Å². The fourth-order valence-electron chi connectivity index (χ4n) is 4.04. The van der Waals surface area contributed by atoms with Gasteiger partial charge in [-0.05, 0) is 31.7 Å². The van der Waals surface area contributed by atoms with Crippen LogP contribution in [0.15, 0.2) is 6.20 Å². The summed E-state index contributed by atoms with van der Waals surface area (Å²) in [6.45, 7) is 1.98. The summed E-state index contributed by atoms with van der Waals surface area (Å²) in [6.07, 6.45) is 8.55. The van der Waals surface area contributed by atoms with Crippen LogP contribution < -0.4 is 5.73 Å². The summed E-state index contributed by atoms with van der Waals surface area (Å²) in [7, 11) is 1.89. The molecule has 4 rings (SSSR count). The molecule has 2 N–H and O–H groups in total. The predicted octanol–water partition coefficient (Wildman–Crippen LogP) is 1.71. The number of likely N-dealkylation sites (tertiary alicyclic amines) is 1. The Balaban J connectivity index is 1.61. The number of hydrogen-bond acceptors (Lipinski definition) is 5. The number of nitrogens with zero attached hydrogens (tertiary/aromatic N) is 5. The number of aryl methyl sites for hydroxylation is 1.